The van der Waals surface area contributed by atoms with Crippen LogP contribution < -0.4 is 10.6 Å². The molecule has 3 rings (SSSR count). The summed E-state index contributed by atoms with van der Waals surface area (Å²) in [5, 5.41) is 6.74. The van der Waals surface area contributed by atoms with E-state index in [2.05, 4.69) is 20.5 Å². The van der Waals surface area contributed by atoms with E-state index in [-0.39, 0.29) is 35.3 Å². The lowest BCUT2D eigenvalue weighted by Gasteiger charge is -2.48. The van der Waals surface area contributed by atoms with Crippen molar-refractivity contribution in [3.05, 3.63) is 35.6 Å². The van der Waals surface area contributed by atoms with Crippen molar-refractivity contribution < 1.29 is 9.13 Å². The molecule has 2 aliphatic rings. The van der Waals surface area contributed by atoms with Gasteiger partial charge in [-0.2, -0.15) is 0 Å². The Balaban J connectivity index is 0.00000261. The molecule has 0 unspecified atom stereocenters. The van der Waals surface area contributed by atoms with Crippen LogP contribution in [0.3, 0.4) is 0 Å². The van der Waals surface area contributed by atoms with Gasteiger partial charge in [-0.3, -0.25) is 9.89 Å². The number of hydrogen-bond acceptors (Lipinski definition) is 3. The molecule has 0 aromatic heterocycles. The number of hydrogen-bond donors (Lipinski definition) is 2. The third-order valence-corrected chi connectivity index (χ3v) is 5.68. The maximum Gasteiger partial charge on any atom is 0.191 e. The smallest absolute Gasteiger partial charge is 0.191 e. The van der Waals surface area contributed by atoms with Crippen molar-refractivity contribution in [1.82, 2.24) is 15.5 Å². The van der Waals surface area contributed by atoms with Gasteiger partial charge < -0.3 is 15.4 Å². The summed E-state index contributed by atoms with van der Waals surface area (Å²) in [6, 6.07) is 6.85. The van der Waals surface area contributed by atoms with Crippen LogP contribution >= 0.6 is 24.0 Å². The second kappa shape index (κ2) is 11.2. The molecule has 2 fully saturated rings. The molecule has 7 heteroatoms. The first-order chi connectivity index (χ1) is 12.7. The molecule has 0 amide bonds. The fraction of sp³-hybridized carbons (Fsp3) is 0.650. The monoisotopic (exact) mass is 490 g/mol. The molecule has 1 heterocycles. The molecule has 1 aliphatic carbocycles. The third kappa shape index (κ3) is 6.02. The van der Waals surface area contributed by atoms with E-state index in [1.54, 1.807) is 19.2 Å². The Morgan fingerprint density at radius 1 is 1.15 bits per heavy atom. The Morgan fingerprint density at radius 2 is 1.85 bits per heavy atom. The number of benzene rings is 1. The molecule has 27 heavy (non-hydrogen) atoms. The van der Waals surface area contributed by atoms with Crippen LogP contribution in [0.1, 0.15) is 37.7 Å². The van der Waals surface area contributed by atoms with Gasteiger partial charge in [0.05, 0.1) is 13.2 Å². The Kier molecular flexibility index (Phi) is 9.25. The van der Waals surface area contributed by atoms with Crippen LogP contribution in [-0.4, -0.2) is 56.3 Å². The minimum absolute atomic E-state index is 0. The lowest BCUT2D eigenvalue weighted by Crippen LogP contribution is -2.60. The van der Waals surface area contributed by atoms with Crippen molar-refractivity contribution in [2.75, 3.05) is 39.9 Å². The fourth-order valence-corrected chi connectivity index (χ4v) is 4.14. The number of rotatable bonds is 5. The maximum atomic E-state index is 13.8. The van der Waals surface area contributed by atoms with E-state index in [0.29, 0.717) is 12.1 Å². The van der Waals surface area contributed by atoms with Crippen molar-refractivity contribution in [3.63, 3.8) is 0 Å². The summed E-state index contributed by atoms with van der Waals surface area (Å²) in [6.07, 6.45) is 6.31. The summed E-state index contributed by atoms with van der Waals surface area (Å²) in [5.74, 6) is 0.541. The van der Waals surface area contributed by atoms with Gasteiger partial charge in [-0.1, -0.05) is 37.5 Å². The number of ether oxygens (including phenoxy) is 1. The minimum atomic E-state index is -0.187. The largest absolute Gasteiger partial charge is 0.379 e. The van der Waals surface area contributed by atoms with E-state index >= 15 is 0 Å². The quantitative estimate of drug-likeness (QED) is 0.379. The summed E-state index contributed by atoms with van der Waals surface area (Å²) < 4.78 is 19.4. The van der Waals surface area contributed by atoms with Crippen molar-refractivity contribution in [2.24, 2.45) is 4.99 Å². The summed E-state index contributed by atoms with van der Waals surface area (Å²) in [6.45, 7) is 4.94. The molecule has 0 bridgehead atoms. The van der Waals surface area contributed by atoms with Gasteiger partial charge in [0.1, 0.15) is 5.82 Å². The zero-order valence-electron chi connectivity index (χ0n) is 16.2. The number of nitrogens with one attached hydrogen (secondary N) is 2. The summed E-state index contributed by atoms with van der Waals surface area (Å²) in [5.41, 5.74) is 0.827. The van der Waals surface area contributed by atoms with Gasteiger partial charge in [0.15, 0.2) is 5.96 Å². The first kappa shape index (κ1) is 22.4. The fourth-order valence-electron chi connectivity index (χ4n) is 4.14. The van der Waals surface area contributed by atoms with Gasteiger partial charge in [0.25, 0.3) is 0 Å². The Hall–Kier alpha value is -0.930. The minimum Gasteiger partial charge on any atom is -0.379 e. The first-order valence-electron chi connectivity index (χ1n) is 9.74. The standard InChI is InChI=1S/C20H31FN4O.HI/c1-22-19(23-15-17-7-3-4-8-18(17)21)24-16-20(9-5-2-6-10-20)25-11-13-26-14-12-25;/h3-4,7-8H,2,5-6,9-16H2,1H3,(H2,22,23,24);1H. The third-order valence-electron chi connectivity index (χ3n) is 5.68. The predicted octanol–water partition coefficient (Wildman–Crippen LogP) is 3.14. The summed E-state index contributed by atoms with van der Waals surface area (Å²) in [4.78, 5) is 6.93. The number of halogens is 2. The molecule has 1 saturated heterocycles. The SMILES string of the molecule is CN=C(NCc1ccccc1F)NCC1(N2CCOCC2)CCCCC1.I. The van der Waals surface area contributed by atoms with Gasteiger partial charge in [0.2, 0.25) is 0 Å². The lowest BCUT2D eigenvalue weighted by molar-refractivity contribution is -0.0352. The summed E-state index contributed by atoms with van der Waals surface area (Å²) in [7, 11) is 1.76. The summed E-state index contributed by atoms with van der Waals surface area (Å²) >= 11 is 0. The number of aliphatic imine (C=N–C) groups is 1. The van der Waals surface area contributed by atoms with Gasteiger partial charge in [0, 0.05) is 44.3 Å². The van der Waals surface area contributed by atoms with E-state index in [1.807, 2.05) is 6.07 Å². The van der Waals surface area contributed by atoms with Crippen LogP contribution in [0.25, 0.3) is 0 Å². The van der Waals surface area contributed by atoms with Crippen LogP contribution in [0.2, 0.25) is 0 Å². The van der Waals surface area contributed by atoms with Crippen molar-refractivity contribution in [3.8, 4) is 0 Å². The van der Waals surface area contributed by atoms with Crippen LogP contribution in [-0.2, 0) is 11.3 Å². The van der Waals surface area contributed by atoms with E-state index < -0.39 is 0 Å². The van der Waals surface area contributed by atoms with Crippen LogP contribution in [0, 0.1) is 5.82 Å². The molecule has 5 nitrogen and oxygen atoms in total. The Labute approximate surface area is 179 Å². The maximum absolute atomic E-state index is 13.8. The zero-order chi connectivity index (χ0) is 18.2. The molecule has 1 aliphatic heterocycles. The van der Waals surface area contributed by atoms with Crippen molar-refractivity contribution in [1.29, 1.82) is 0 Å². The Morgan fingerprint density at radius 3 is 2.52 bits per heavy atom. The van der Waals surface area contributed by atoms with E-state index in [1.165, 1.54) is 38.2 Å². The van der Waals surface area contributed by atoms with Gasteiger partial charge >= 0.3 is 0 Å². The lowest BCUT2D eigenvalue weighted by atomic mass is 9.80. The zero-order valence-corrected chi connectivity index (χ0v) is 18.5. The Bertz CT molecular complexity index is 601. The molecule has 1 aromatic rings. The van der Waals surface area contributed by atoms with Crippen LogP contribution in [0.15, 0.2) is 29.3 Å². The molecule has 152 valence electrons. The van der Waals surface area contributed by atoms with E-state index in [9.17, 15) is 4.39 Å². The molecule has 0 spiro atoms. The predicted molar refractivity (Wildman–Crippen MR) is 118 cm³/mol. The van der Waals surface area contributed by atoms with Crippen LogP contribution in [0.4, 0.5) is 4.39 Å². The molecule has 2 N–H and O–H groups in total. The number of nitrogens with zero attached hydrogens (tertiary/aromatic N) is 2. The molecule has 1 saturated carbocycles. The molecular weight excluding hydrogens is 458 g/mol. The number of guanidine groups is 1. The van der Waals surface area contributed by atoms with Crippen molar-refractivity contribution in [2.45, 2.75) is 44.2 Å². The van der Waals surface area contributed by atoms with E-state index in [0.717, 1.165) is 38.8 Å². The van der Waals surface area contributed by atoms with Gasteiger partial charge in [-0.05, 0) is 18.9 Å². The highest BCUT2D eigenvalue weighted by Gasteiger charge is 2.38. The highest BCUT2D eigenvalue weighted by atomic mass is 127. The topological polar surface area (TPSA) is 48.9 Å². The highest BCUT2D eigenvalue weighted by molar-refractivity contribution is 14.0. The molecular formula is C20H32FIN4O. The van der Waals surface area contributed by atoms with Gasteiger partial charge in [-0.25, -0.2) is 4.39 Å². The van der Waals surface area contributed by atoms with Crippen LogP contribution in [0.5, 0.6) is 0 Å². The second-order valence-corrected chi connectivity index (χ2v) is 7.26. The van der Waals surface area contributed by atoms with Gasteiger partial charge in [-0.15, -0.1) is 24.0 Å². The molecule has 1 aromatic carbocycles. The van der Waals surface area contributed by atoms with Crippen molar-refractivity contribution >= 4 is 29.9 Å². The number of morpholine rings is 1. The van der Waals surface area contributed by atoms with E-state index in [4.69, 9.17) is 4.74 Å². The normalized spacial score (nSPS) is 20.6. The average molecular weight is 490 g/mol. The highest BCUT2D eigenvalue weighted by Crippen LogP contribution is 2.33. The first-order valence-corrected chi connectivity index (χ1v) is 9.74. The molecule has 0 radical (unpaired) electrons. The average Bonchev–Trinajstić information content (AvgIpc) is 2.71. The second-order valence-electron chi connectivity index (χ2n) is 7.26. The molecule has 0 atom stereocenters.